The molecule has 16 heavy (non-hydrogen) atoms. The van der Waals surface area contributed by atoms with Crippen molar-refractivity contribution >= 4 is 33.3 Å². The molecule has 1 fully saturated rings. The van der Waals surface area contributed by atoms with Crippen LogP contribution in [0.1, 0.15) is 19.3 Å². The molecular formula is C10H13BrClN3O. The van der Waals surface area contributed by atoms with Crippen LogP contribution in [0.3, 0.4) is 0 Å². The second kappa shape index (κ2) is 4.75. The van der Waals surface area contributed by atoms with Crippen molar-refractivity contribution in [2.45, 2.75) is 19.3 Å². The Morgan fingerprint density at radius 2 is 2.38 bits per heavy atom. The van der Waals surface area contributed by atoms with Crippen LogP contribution in [0, 0.1) is 5.41 Å². The van der Waals surface area contributed by atoms with Crippen LogP contribution in [0.15, 0.2) is 15.6 Å². The molecule has 1 aromatic rings. The minimum Gasteiger partial charge on any atom is -0.368 e. The summed E-state index contributed by atoms with van der Waals surface area (Å²) in [6.45, 7) is 0.828. The van der Waals surface area contributed by atoms with E-state index >= 15 is 0 Å². The van der Waals surface area contributed by atoms with Crippen molar-refractivity contribution < 1.29 is 0 Å². The molecule has 0 aliphatic heterocycles. The first-order valence-electron chi connectivity index (χ1n) is 5.20. The van der Waals surface area contributed by atoms with Gasteiger partial charge in [-0.05, 0) is 40.6 Å². The molecule has 1 aromatic heterocycles. The van der Waals surface area contributed by atoms with Gasteiger partial charge in [-0.1, -0.05) is 0 Å². The van der Waals surface area contributed by atoms with E-state index < -0.39 is 0 Å². The van der Waals surface area contributed by atoms with Gasteiger partial charge < -0.3 is 10.3 Å². The molecule has 0 aromatic carbocycles. The summed E-state index contributed by atoms with van der Waals surface area (Å²) < 4.78 is 0.455. The summed E-state index contributed by atoms with van der Waals surface area (Å²) in [4.78, 5) is 17.9. The number of nitrogens with one attached hydrogen (secondary N) is 2. The number of nitrogens with zero attached hydrogens (tertiary/aromatic N) is 1. The van der Waals surface area contributed by atoms with Gasteiger partial charge in [0.05, 0.1) is 6.33 Å². The van der Waals surface area contributed by atoms with E-state index in [1.54, 1.807) is 0 Å². The third-order valence-electron chi connectivity index (χ3n) is 3.01. The predicted octanol–water partition coefficient (Wildman–Crippen LogP) is 2.35. The summed E-state index contributed by atoms with van der Waals surface area (Å²) >= 11 is 8.97. The fourth-order valence-corrected chi connectivity index (χ4v) is 2.43. The monoisotopic (exact) mass is 305 g/mol. The van der Waals surface area contributed by atoms with Crippen LogP contribution in [0.4, 0.5) is 5.82 Å². The molecule has 88 valence electrons. The standard InChI is InChI=1S/C10H13BrClN3O/c11-7-8(14-6-15-9(7)16)13-5-10(1-2-10)3-4-12/h6H,1-5H2,(H2,13,14,15,16). The Bertz CT molecular complexity index is 430. The number of rotatable bonds is 5. The molecule has 0 spiro atoms. The van der Waals surface area contributed by atoms with Crippen LogP contribution in [0.25, 0.3) is 0 Å². The number of alkyl halides is 1. The highest BCUT2D eigenvalue weighted by Gasteiger charge is 2.41. The lowest BCUT2D eigenvalue weighted by Crippen LogP contribution is -2.19. The molecule has 2 N–H and O–H groups in total. The van der Waals surface area contributed by atoms with Gasteiger partial charge >= 0.3 is 0 Å². The molecule has 0 unspecified atom stereocenters. The van der Waals surface area contributed by atoms with Crippen LogP contribution in [0.2, 0.25) is 0 Å². The fourth-order valence-electron chi connectivity index (χ4n) is 1.67. The van der Waals surface area contributed by atoms with Crippen LogP contribution in [-0.2, 0) is 0 Å². The van der Waals surface area contributed by atoms with Gasteiger partial charge in [0, 0.05) is 12.4 Å². The number of aromatic nitrogens is 2. The third kappa shape index (κ3) is 2.58. The van der Waals surface area contributed by atoms with Gasteiger partial charge in [-0.15, -0.1) is 11.6 Å². The van der Waals surface area contributed by atoms with Gasteiger partial charge in [0.25, 0.3) is 5.56 Å². The highest BCUT2D eigenvalue weighted by molar-refractivity contribution is 9.10. The van der Waals surface area contributed by atoms with Crippen molar-refractivity contribution in [1.82, 2.24) is 9.97 Å². The van der Waals surface area contributed by atoms with E-state index in [1.807, 2.05) is 0 Å². The smallest absolute Gasteiger partial charge is 0.267 e. The van der Waals surface area contributed by atoms with Crippen molar-refractivity contribution in [1.29, 1.82) is 0 Å². The molecule has 6 heteroatoms. The number of hydrogen-bond donors (Lipinski definition) is 2. The third-order valence-corrected chi connectivity index (χ3v) is 3.93. The molecule has 0 bridgehead atoms. The van der Waals surface area contributed by atoms with Crippen molar-refractivity contribution in [2.75, 3.05) is 17.7 Å². The Labute approximate surface area is 107 Å². The van der Waals surface area contributed by atoms with Gasteiger partial charge in [0.1, 0.15) is 10.3 Å². The topological polar surface area (TPSA) is 57.8 Å². The summed E-state index contributed by atoms with van der Waals surface area (Å²) in [6, 6.07) is 0. The van der Waals surface area contributed by atoms with Crippen molar-refractivity contribution in [3.63, 3.8) is 0 Å². The van der Waals surface area contributed by atoms with Crippen LogP contribution >= 0.6 is 27.5 Å². The van der Waals surface area contributed by atoms with E-state index in [0.29, 0.717) is 21.6 Å². The zero-order chi connectivity index (χ0) is 11.6. The SMILES string of the molecule is O=c1[nH]cnc(NCC2(CCCl)CC2)c1Br. The van der Waals surface area contributed by atoms with Crippen molar-refractivity contribution in [3.05, 3.63) is 21.2 Å². The van der Waals surface area contributed by atoms with E-state index in [-0.39, 0.29) is 5.56 Å². The second-order valence-corrected chi connectivity index (χ2v) is 5.36. The van der Waals surface area contributed by atoms with Gasteiger partial charge in [-0.3, -0.25) is 4.79 Å². The lowest BCUT2D eigenvalue weighted by Gasteiger charge is -2.15. The lowest BCUT2D eigenvalue weighted by molar-refractivity contribution is 0.523. The maximum absolute atomic E-state index is 11.3. The average molecular weight is 307 g/mol. The summed E-state index contributed by atoms with van der Waals surface area (Å²) in [6.07, 6.45) is 4.82. The summed E-state index contributed by atoms with van der Waals surface area (Å²) in [5, 5.41) is 3.20. The molecule has 1 heterocycles. The molecule has 0 saturated heterocycles. The number of aromatic amines is 1. The maximum atomic E-state index is 11.3. The minimum absolute atomic E-state index is 0.167. The Kier molecular flexibility index (Phi) is 3.54. The highest BCUT2D eigenvalue weighted by Crippen LogP contribution is 2.48. The minimum atomic E-state index is -0.167. The Morgan fingerprint density at radius 1 is 1.62 bits per heavy atom. The molecule has 0 radical (unpaired) electrons. The van der Waals surface area contributed by atoms with E-state index in [9.17, 15) is 4.79 Å². The molecule has 2 rings (SSSR count). The van der Waals surface area contributed by atoms with E-state index in [0.717, 1.165) is 13.0 Å². The normalized spacial score (nSPS) is 17.1. The van der Waals surface area contributed by atoms with Crippen LogP contribution < -0.4 is 10.9 Å². The molecule has 1 saturated carbocycles. The molecule has 0 amide bonds. The zero-order valence-electron chi connectivity index (χ0n) is 8.72. The van der Waals surface area contributed by atoms with Crippen LogP contribution in [-0.4, -0.2) is 22.4 Å². The first kappa shape index (κ1) is 11.9. The molecule has 0 atom stereocenters. The molecular weight excluding hydrogens is 293 g/mol. The van der Waals surface area contributed by atoms with Crippen molar-refractivity contribution in [2.24, 2.45) is 5.41 Å². The van der Waals surface area contributed by atoms with Gasteiger partial charge in [0.2, 0.25) is 0 Å². The van der Waals surface area contributed by atoms with E-state index in [4.69, 9.17) is 11.6 Å². The van der Waals surface area contributed by atoms with E-state index in [1.165, 1.54) is 19.2 Å². The highest BCUT2D eigenvalue weighted by atomic mass is 79.9. The molecule has 1 aliphatic rings. The number of H-pyrrole nitrogens is 1. The van der Waals surface area contributed by atoms with Gasteiger partial charge in [-0.25, -0.2) is 4.98 Å². The fraction of sp³-hybridized carbons (Fsp3) is 0.600. The largest absolute Gasteiger partial charge is 0.368 e. The summed E-state index contributed by atoms with van der Waals surface area (Å²) in [5.74, 6) is 1.29. The summed E-state index contributed by atoms with van der Waals surface area (Å²) in [7, 11) is 0. The Morgan fingerprint density at radius 3 is 3.00 bits per heavy atom. The van der Waals surface area contributed by atoms with Gasteiger partial charge in [0.15, 0.2) is 0 Å². The van der Waals surface area contributed by atoms with E-state index in [2.05, 4.69) is 31.2 Å². The lowest BCUT2D eigenvalue weighted by atomic mass is 10.0. The molecule has 4 nitrogen and oxygen atoms in total. The quantitative estimate of drug-likeness (QED) is 0.821. The first-order valence-corrected chi connectivity index (χ1v) is 6.53. The predicted molar refractivity (Wildman–Crippen MR) is 68.1 cm³/mol. The Hall–Kier alpha value is -0.550. The average Bonchev–Trinajstić information content (AvgIpc) is 3.02. The second-order valence-electron chi connectivity index (χ2n) is 4.19. The Balaban J connectivity index is 2.00. The van der Waals surface area contributed by atoms with Gasteiger partial charge in [-0.2, -0.15) is 0 Å². The molecule has 1 aliphatic carbocycles. The maximum Gasteiger partial charge on any atom is 0.267 e. The first-order chi connectivity index (χ1) is 7.67. The zero-order valence-corrected chi connectivity index (χ0v) is 11.1. The summed E-state index contributed by atoms with van der Waals surface area (Å²) in [5.41, 5.74) is 0.158. The van der Waals surface area contributed by atoms with Crippen molar-refractivity contribution in [3.8, 4) is 0 Å². The van der Waals surface area contributed by atoms with Crippen LogP contribution in [0.5, 0.6) is 0 Å². The number of halogens is 2. The number of anilines is 1. The number of hydrogen-bond acceptors (Lipinski definition) is 3.